The van der Waals surface area contributed by atoms with Crippen molar-refractivity contribution in [3.05, 3.63) is 0 Å². The van der Waals surface area contributed by atoms with Gasteiger partial charge in [-0.1, -0.05) is 0 Å². The van der Waals surface area contributed by atoms with Crippen LogP contribution in [0, 0.1) is 0 Å². The standard InChI is InChI=1S/C9H19N2O.BrH/c1-4-11(2,3)8-10-7-5-6-9(10)12;/h4-8H2,1-3H3;1H/q+1;/p-1. The Kier molecular flexibility index (Phi) is 4.92. The van der Waals surface area contributed by atoms with Crippen LogP contribution < -0.4 is 17.0 Å². The van der Waals surface area contributed by atoms with Crippen LogP contribution in [-0.4, -0.2) is 49.1 Å². The maximum Gasteiger partial charge on any atom is 0.226 e. The monoisotopic (exact) mass is 250 g/mol. The van der Waals surface area contributed by atoms with Crippen LogP contribution in [-0.2, 0) is 4.79 Å². The van der Waals surface area contributed by atoms with Gasteiger partial charge >= 0.3 is 0 Å². The number of amides is 1. The second-order valence-corrected chi connectivity index (χ2v) is 4.15. The van der Waals surface area contributed by atoms with Crippen LogP contribution >= 0.6 is 0 Å². The number of quaternary nitrogens is 1. The number of carbonyl (C=O) groups is 1. The third-order valence-corrected chi connectivity index (χ3v) is 2.58. The Morgan fingerprint density at radius 3 is 2.46 bits per heavy atom. The quantitative estimate of drug-likeness (QED) is 0.515. The molecule has 0 saturated carbocycles. The first kappa shape index (κ1) is 12.9. The summed E-state index contributed by atoms with van der Waals surface area (Å²) in [4.78, 5) is 13.3. The highest BCUT2D eigenvalue weighted by atomic mass is 79.9. The van der Waals surface area contributed by atoms with Crippen molar-refractivity contribution in [2.24, 2.45) is 0 Å². The summed E-state index contributed by atoms with van der Waals surface area (Å²) in [5, 5.41) is 0. The summed E-state index contributed by atoms with van der Waals surface area (Å²) in [5.74, 6) is 0.328. The van der Waals surface area contributed by atoms with Crippen LogP contribution in [0.3, 0.4) is 0 Å². The van der Waals surface area contributed by atoms with Crippen molar-refractivity contribution in [3.8, 4) is 0 Å². The van der Waals surface area contributed by atoms with E-state index < -0.39 is 0 Å². The third kappa shape index (κ3) is 3.65. The van der Waals surface area contributed by atoms with E-state index in [1.807, 2.05) is 4.90 Å². The number of nitrogens with zero attached hydrogens (tertiary/aromatic N) is 2. The van der Waals surface area contributed by atoms with Gasteiger partial charge in [0.05, 0.1) is 20.6 Å². The number of rotatable bonds is 3. The Balaban J connectivity index is 0.00000144. The van der Waals surface area contributed by atoms with Gasteiger partial charge in [-0.15, -0.1) is 0 Å². The van der Waals surface area contributed by atoms with Gasteiger partial charge in [0.1, 0.15) is 0 Å². The average Bonchev–Trinajstić information content (AvgIpc) is 2.36. The van der Waals surface area contributed by atoms with Crippen LogP contribution in [0.2, 0.25) is 0 Å². The van der Waals surface area contributed by atoms with Gasteiger partial charge in [0.15, 0.2) is 6.67 Å². The molecule has 0 atom stereocenters. The summed E-state index contributed by atoms with van der Waals surface area (Å²) in [6.45, 7) is 5.06. The fraction of sp³-hybridized carbons (Fsp3) is 0.889. The van der Waals surface area contributed by atoms with Crippen LogP contribution in [0.25, 0.3) is 0 Å². The van der Waals surface area contributed by atoms with Gasteiger partial charge in [-0.2, -0.15) is 0 Å². The summed E-state index contributed by atoms with van der Waals surface area (Å²) in [7, 11) is 4.32. The van der Waals surface area contributed by atoms with Crippen molar-refractivity contribution in [1.82, 2.24) is 4.90 Å². The van der Waals surface area contributed by atoms with Crippen molar-refractivity contribution < 1.29 is 26.3 Å². The molecule has 0 aromatic rings. The molecule has 1 heterocycles. The van der Waals surface area contributed by atoms with Gasteiger partial charge in [-0.05, 0) is 13.3 Å². The van der Waals surface area contributed by atoms with Gasteiger partial charge in [0.2, 0.25) is 5.91 Å². The van der Waals surface area contributed by atoms with Gasteiger partial charge in [0.25, 0.3) is 0 Å². The Morgan fingerprint density at radius 2 is 2.08 bits per heavy atom. The van der Waals surface area contributed by atoms with Crippen molar-refractivity contribution in [1.29, 1.82) is 0 Å². The molecule has 78 valence electrons. The van der Waals surface area contributed by atoms with E-state index in [9.17, 15) is 4.79 Å². The summed E-state index contributed by atoms with van der Waals surface area (Å²) < 4.78 is 0.908. The molecule has 0 N–H and O–H groups in total. The molecule has 13 heavy (non-hydrogen) atoms. The van der Waals surface area contributed by atoms with E-state index in [1.54, 1.807) is 0 Å². The van der Waals surface area contributed by atoms with E-state index in [-0.39, 0.29) is 17.0 Å². The van der Waals surface area contributed by atoms with Crippen molar-refractivity contribution in [2.75, 3.05) is 33.9 Å². The topological polar surface area (TPSA) is 20.3 Å². The molecule has 1 fully saturated rings. The Bertz CT molecular complexity index is 182. The predicted octanol–water partition coefficient (Wildman–Crippen LogP) is -2.33. The van der Waals surface area contributed by atoms with Crippen molar-refractivity contribution in [2.45, 2.75) is 19.8 Å². The zero-order chi connectivity index (χ0) is 9.19. The predicted molar refractivity (Wildman–Crippen MR) is 48.5 cm³/mol. The molecule has 1 aliphatic rings. The second-order valence-electron chi connectivity index (χ2n) is 4.15. The zero-order valence-corrected chi connectivity index (χ0v) is 10.3. The molecule has 1 aliphatic heterocycles. The van der Waals surface area contributed by atoms with E-state index in [0.717, 1.165) is 37.1 Å². The second kappa shape index (κ2) is 4.96. The smallest absolute Gasteiger partial charge is 0.226 e. The van der Waals surface area contributed by atoms with Crippen LogP contribution in [0.15, 0.2) is 0 Å². The van der Waals surface area contributed by atoms with E-state index in [4.69, 9.17) is 0 Å². The minimum atomic E-state index is 0. The summed E-state index contributed by atoms with van der Waals surface area (Å²) in [6.07, 6.45) is 1.80. The largest absolute Gasteiger partial charge is 1.00 e. The molecule has 4 heteroatoms. The fourth-order valence-corrected chi connectivity index (χ4v) is 1.42. The molecule has 0 bridgehead atoms. The Hall–Kier alpha value is -0.0900. The Morgan fingerprint density at radius 1 is 1.46 bits per heavy atom. The highest BCUT2D eigenvalue weighted by Gasteiger charge is 2.25. The van der Waals surface area contributed by atoms with E-state index in [2.05, 4.69) is 21.0 Å². The third-order valence-electron chi connectivity index (χ3n) is 2.58. The van der Waals surface area contributed by atoms with Gasteiger partial charge < -0.3 is 21.5 Å². The average molecular weight is 251 g/mol. The van der Waals surface area contributed by atoms with Gasteiger partial charge in [-0.3, -0.25) is 9.69 Å². The fourth-order valence-electron chi connectivity index (χ4n) is 1.42. The minimum absolute atomic E-state index is 0. The lowest BCUT2D eigenvalue weighted by Gasteiger charge is -2.32. The number of halogens is 1. The van der Waals surface area contributed by atoms with Crippen LogP contribution in [0.1, 0.15) is 19.8 Å². The minimum Gasteiger partial charge on any atom is -1.00 e. The first-order valence-electron chi connectivity index (χ1n) is 4.65. The molecular weight excluding hydrogens is 232 g/mol. The van der Waals surface area contributed by atoms with E-state index in [1.165, 1.54) is 0 Å². The summed E-state index contributed by atoms with van der Waals surface area (Å²) in [5.41, 5.74) is 0. The SMILES string of the molecule is CC[N+](C)(C)CN1CCCC1=O.[Br-]. The molecule has 1 saturated heterocycles. The molecule has 0 aliphatic carbocycles. The maximum atomic E-state index is 11.3. The van der Waals surface area contributed by atoms with E-state index >= 15 is 0 Å². The molecule has 0 spiro atoms. The van der Waals surface area contributed by atoms with Gasteiger partial charge in [-0.25, -0.2) is 0 Å². The first-order chi connectivity index (χ1) is 5.55. The molecule has 3 nitrogen and oxygen atoms in total. The zero-order valence-electron chi connectivity index (χ0n) is 8.72. The van der Waals surface area contributed by atoms with Gasteiger partial charge in [0, 0.05) is 13.0 Å². The molecule has 0 unspecified atom stereocenters. The number of hydrogen-bond acceptors (Lipinski definition) is 1. The lowest BCUT2D eigenvalue weighted by Crippen LogP contribution is -3.00. The summed E-state index contributed by atoms with van der Waals surface area (Å²) in [6, 6.07) is 0. The van der Waals surface area contributed by atoms with Crippen LogP contribution in [0.4, 0.5) is 0 Å². The highest BCUT2D eigenvalue weighted by Crippen LogP contribution is 2.11. The number of carbonyl (C=O) groups excluding carboxylic acids is 1. The number of hydrogen-bond donors (Lipinski definition) is 0. The highest BCUT2D eigenvalue weighted by molar-refractivity contribution is 5.77. The normalized spacial score (nSPS) is 17.5. The van der Waals surface area contributed by atoms with Crippen molar-refractivity contribution >= 4 is 5.91 Å². The molecule has 0 aromatic heterocycles. The molecule has 0 aromatic carbocycles. The number of likely N-dealkylation sites (tertiary alicyclic amines) is 1. The molecule has 1 amide bonds. The maximum absolute atomic E-state index is 11.3. The lowest BCUT2D eigenvalue weighted by molar-refractivity contribution is -0.897. The first-order valence-corrected chi connectivity index (χ1v) is 4.65. The lowest BCUT2D eigenvalue weighted by atomic mass is 10.4. The molecular formula is C9H19BrN2O. The van der Waals surface area contributed by atoms with E-state index in [0.29, 0.717) is 5.91 Å². The molecule has 0 radical (unpaired) electrons. The van der Waals surface area contributed by atoms with Crippen LogP contribution in [0.5, 0.6) is 0 Å². The molecule has 1 rings (SSSR count). The van der Waals surface area contributed by atoms with Crippen molar-refractivity contribution in [3.63, 3.8) is 0 Å². The Labute approximate surface area is 91.1 Å². The summed E-state index contributed by atoms with van der Waals surface area (Å²) >= 11 is 0.